The Morgan fingerprint density at radius 2 is 1.89 bits per heavy atom. The van der Waals surface area contributed by atoms with Crippen molar-refractivity contribution in [2.24, 2.45) is 5.73 Å². The molecule has 19 heavy (non-hydrogen) atoms. The van der Waals surface area contributed by atoms with Gasteiger partial charge >= 0.3 is 0 Å². The van der Waals surface area contributed by atoms with Gasteiger partial charge in [0.15, 0.2) is 0 Å². The number of aryl methyl sites for hydroxylation is 2. The van der Waals surface area contributed by atoms with E-state index in [-0.39, 0.29) is 5.82 Å². The molecule has 100 valence electrons. The standard InChI is InChI=1S/C16H18FNS/c1-11-3-4-12(2)16(7-11)19-15-9-13(5-6-18)8-14(17)10-15/h3-4,7-10H,5-6,18H2,1-2H3. The van der Waals surface area contributed by atoms with Crippen LogP contribution in [0.2, 0.25) is 0 Å². The van der Waals surface area contributed by atoms with E-state index < -0.39 is 0 Å². The lowest BCUT2D eigenvalue weighted by molar-refractivity contribution is 0.621. The summed E-state index contributed by atoms with van der Waals surface area (Å²) in [4.78, 5) is 2.10. The van der Waals surface area contributed by atoms with Crippen molar-refractivity contribution in [2.75, 3.05) is 6.54 Å². The van der Waals surface area contributed by atoms with E-state index in [9.17, 15) is 4.39 Å². The lowest BCUT2D eigenvalue weighted by atomic mass is 10.1. The first-order chi connectivity index (χ1) is 9.08. The predicted octanol–water partition coefficient (Wildman–Crippen LogP) is 4.09. The number of halogens is 1. The number of benzene rings is 2. The van der Waals surface area contributed by atoms with Crippen molar-refractivity contribution in [1.82, 2.24) is 0 Å². The average molecular weight is 275 g/mol. The van der Waals surface area contributed by atoms with Gasteiger partial charge in [0, 0.05) is 9.79 Å². The maximum Gasteiger partial charge on any atom is 0.124 e. The molecule has 0 heterocycles. The van der Waals surface area contributed by atoms with Gasteiger partial charge < -0.3 is 5.73 Å². The van der Waals surface area contributed by atoms with E-state index in [1.54, 1.807) is 23.9 Å². The maximum atomic E-state index is 13.6. The highest BCUT2D eigenvalue weighted by molar-refractivity contribution is 7.99. The second-order valence-electron chi connectivity index (χ2n) is 4.70. The minimum absolute atomic E-state index is 0.196. The highest BCUT2D eigenvalue weighted by Crippen LogP contribution is 2.32. The van der Waals surface area contributed by atoms with Crippen LogP contribution in [0, 0.1) is 19.7 Å². The predicted molar refractivity (Wildman–Crippen MR) is 79.2 cm³/mol. The molecule has 1 nitrogen and oxygen atoms in total. The number of hydrogen-bond acceptors (Lipinski definition) is 2. The maximum absolute atomic E-state index is 13.6. The first-order valence-electron chi connectivity index (χ1n) is 6.33. The molecule has 2 N–H and O–H groups in total. The summed E-state index contributed by atoms with van der Waals surface area (Å²) in [6.45, 7) is 4.67. The Hall–Kier alpha value is -1.32. The summed E-state index contributed by atoms with van der Waals surface area (Å²) in [5, 5.41) is 0. The van der Waals surface area contributed by atoms with Gasteiger partial charge in [-0.15, -0.1) is 0 Å². The smallest absolute Gasteiger partial charge is 0.124 e. The fourth-order valence-corrected chi connectivity index (χ4v) is 3.04. The van der Waals surface area contributed by atoms with E-state index >= 15 is 0 Å². The first-order valence-corrected chi connectivity index (χ1v) is 7.15. The monoisotopic (exact) mass is 275 g/mol. The van der Waals surface area contributed by atoms with Crippen molar-refractivity contribution in [1.29, 1.82) is 0 Å². The molecule has 0 aliphatic carbocycles. The Morgan fingerprint density at radius 1 is 1.11 bits per heavy atom. The number of hydrogen-bond donors (Lipinski definition) is 1. The van der Waals surface area contributed by atoms with E-state index in [1.165, 1.54) is 16.0 Å². The van der Waals surface area contributed by atoms with Gasteiger partial charge in [0.1, 0.15) is 5.82 Å². The van der Waals surface area contributed by atoms with Crippen molar-refractivity contribution >= 4 is 11.8 Å². The zero-order valence-corrected chi connectivity index (χ0v) is 12.1. The van der Waals surface area contributed by atoms with Crippen LogP contribution >= 0.6 is 11.8 Å². The van der Waals surface area contributed by atoms with Crippen molar-refractivity contribution < 1.29 is 4.39 Å². The van der Waals surface area contributed by atoms with E-state index in [0.29, 0.717) is 13.0 Å². The molecule has 2 rings (SSSR count). The van der Waals surface area contributed by atoms with Crippen molar-refractivity contribution in [3.63, 3.8) is 0 Å². The molecule has 2 aromatic carbocycles. The lowest BCUT2D eigenvalue weighted by Crippen LogP contribution is -2.03. The second kappa shape index (κ2) is 6.22. The summed E-state index contributed by atoms with van der Waals surface area (Å²) in [6.07, 6.45) is 0.706. The van der Waals surface area contributed by atoms with E-state index in [4.69, 9.17) is 5.73 Å². The molecule has 0 saturated carbocycles. The first kappa shape index (κ1) is 14.1. The highest BCUT2D eigenvalue weighted by atomic mass is 32.2. The molecule has 0 aliphatic heterocycles. The molecule has 0 bridgehead atoms. The molecule has 0 amide bonds. The quantitative estimate of drug-likeness (QED) is 0.909. The van der Waals surface area contributed by atoms with E-state index in [0.717, 1.165) is 10.5 Å². The Balaban J connectivity index is 2.29. The molecule has 0 spiro atoms. The SMILES string of the molecule is Cc1ccc(C)c(Sc2cc(F)cc(CCN)c2)c1. The van der Waals surface area contributed by atoms with Gasteiger partial charge in [0.05, 0.1) is 0 Å². The van der Waals surface area contributed by atoms with Gasteiger partial charge in [-0.05, 0) is 67.8 Å². The van der Waals surface area contributed by atoms with Crippen molar-refractivity contribution in [2.45, 2.75) is 30.1 Å². The van der Waals surface area contributed by atoms with Crippen LogP contribution in [0.4, 0.5) is 4.39 Å². The third-order valence-corrected chi connectivity index (χ3v) is 4.07. The van der Waals surface area contributed by atoms with Gasteiger partial charge in [0.2, 0.25) is 0 Å². The van der Waals surface area contributed by atoms with Gasteiger partial charge in [-0.2, -0.15) is 0 Å². The molecule has 3 heteroatoms. The average Bonchev–Trinajstić information content (AvgIpc) is 2.33. The zero-order valence-electron chi connectivity index (χ0n) is 11.2. The Bertz CT molecular complexity index is 581. The van der Waals surface area contributed by atoms with Crippen LogP contribution in [0.25, 0.3) is 0 Å². The Kier molecular flexibility index (Phi) is 4.61. The van der Waals surface area contributed by atoms with Crippen molar-refractivity contribution in [3.8, 4) is 0 Å². The van der Waals surface area contributed by atoms with Gasteiger partial charge in [-0.3, -0.25) is 0 Å². The van der Waals surface area contributed by atoms with Gasteiger partial charge in [0.25, 0.3) is 0 Å². The molecule has 0 unspecified atom stereocenters. The number of rotatable bonds is 4. The lowest BCUT2D eigenvalue weighted by Gasteiger charge is -2.08. The zero-order chi connectivity index (χ0) is 13.8. The molecule has 0 saturated heterocycles. The summed E-state index contributed by atoms with van der Waals surface area (Å²) in [6, 6.07) is 11.5. The van der Waals surface area contributed by atoms with Crippen LogP contribution in [-0.4, -0.2) is 6.54 Å². The summed E-state index contributed by atoms with van der Waals surface area (Å²) in [5.41, 5.74) is 8.91. The van der Waals surface area contributed by atoms with Crippen LogP contribution in [0.5, 0.6) is 0 Å². The Labute approximate surface area is 118 Å². The van der Waals surface area contributed by atoms with Crippen molar-refractivity contribution in [3.05, 3.63) is 58.9 Å². The largest absolute Gasteiger partial charge is 0.330 e. The summed E-state index contributed by atoms with van der Waals surface area (Å²) >= 11 is 1.60. The highest BCUT2D eigenvalue weighted by Gasteiger charge is 2.05. The van der Waals surface area contributed by atoms with Crippen LogP contribution < -0.4 is 5.73 Å². The van der Waals surface area contributed by atoms with E-state index in [1.807, 2.05) is 6.07 Å². The fourth-order valence-electron chi connectivity index (χ4n) is 1.93. The molecule has 0 aliphatic rings. The van der Waals surface area contributed by atoms with Crippen LogP contribution in [-0.2, 0) is 6.42 Å². The van der Waals surface area contributed by atoms with Gasteiger partial charge in [-0.1, -0.05) is 23.9 Å². The molecule has 0 aromatic heterocycles. The summed E-state index contributed by atoms with van der Waals surface area (Å²) in [7, 11) is 0. The molecule has 2 aromatic rings. The number of nitrogens with two attached hydrogens (primary N) is 1. The third kappa shape index (κ3) is 3.82. The minimum atomic E-state index is -0.196. The summed E-state index contributed by atoms with van der Waals surface area (Å²) in [5.74, 6) is -0.196. The minimum Gasteiger partial charge on any atom is -0.330 e. The molecule has 0 fully saturated rings. The van der Waals surface area contributed by atoms with Gasteiger partial charge in [-0.25, -0.2) is 4.39 Å². The van der Waals surface area contributed by atoms with Crippen LogP contribution in [0.3, 0.4) is 0 Å². The molecular formula is C16H18FNS. The van der Waals surface area contributed by atoms with Crippen LogP contribution in [0.15, 0.2) is 46.2 Å². The molecular weight excluding hydrogens is 257 g/mol. The Morgan fingerprint density at radius 3 is 2.63 bits per heavy atom. The normalized spacial score (nSPS) is 10.7. The van der Waals surface area contributed by atoms with Crippen LogP contribution in [0.1, 0.15) is 16.7 Å². The molecule has 0 radical (unpaired) electrons. The molecule has 0 atom stereocenters. The second-order valence-corrected chi connectivity index (χ2v) is 5.82. The topological polar surface area (TPSA) is 26.0 Å². The summed E-state index contributed by atoms with van der Waals surface area (Å²) < 4.78 is 13.6. The fraction of sp³-hybridized carbons (Fsp3) is 0.250. The third-order valence-electron chi connectivity index (χ3n) is 2.94. The van der Waals surface area contributed by atoms with E-state index in [2.05, 4.69) is 32.0 Å².